The van der Waals surface area contributed by atoms with Gasteiger partial charge in [0.05, 0.1) is 22.6 Å². The maximum atomic E-state index is 13.2. The highest BCUT2D eigenvalue weighted by Gasteiger charge is 2.31. The molecule has 0 aliphatic carbocycles. The topological polar surface area (TPSA) is 109 Å². The monoisotopic (exact) mass is 507 g/mol. The number of imidazole rings is 1. The van der Waals surface area contributed by atoms with Gasteiger partial charge in [0, 0.05) is 29.6 Å². The highest BCUT2D eigenvalue weighted by atomic mass is 32.1. The number of aromatic nitrogens is 3. The van der Waals surface area contributed by atoms with Crippen LogP contribution in [0.3, 0.4) is 0 Å². The van der Waals surface area contributed by atoms with E-state index in [0.29, 0.717) is 22.0 Å². The number of carbonyl (C=O) groups excluding carboxylic acids is 2. The van der Waals surface area contributed by atoms with Crippen molar-refractivity contribution in [3.63, 3.8) is 0 Å². The van der Waals surface area contributed by atoms with Crippen molar-refractivity contribution >= 4 is 45.1 Å². The molecule has 35 heavy (non-hydrogen) atoms. The van der Waals surface area contributed by atoms with Crippen LogP contribution in [0.5, 0.6) is 5.75 Å². The third kappa shape index (κ3) is 4.64. The van der Waals surface area contributed by atoms with Crippen molar-refractivity contribution in [2.45, 2.75) is 25.5 Å². The summed E-state index contributed by atoms with van der Waals surface area (Å²) in [6, 6.07) is 4.30. The van der Waals surface area contributed by atoms with Gasteiger partial charge in [-0.25, -0.2) is 9.97 Å². The molecule has 2 amide bonds. The Kier molecular flexibility index (Phi) is 5.80. The van der Waals surface area contributed by atoms with Gasteiger partial charge in [0.25, 0.3) is 11.8 Å². The van der Waals surface area contributed by atoms with Crippen LogP contribution in [0.4, 0.5) is 5.69 Å². The summed E-state index contributed by atoms with van der Waals surface area (Å²) in [6.07, 6.45) is 1.64. The molecule has 3 aromatic heterocycles. The van der Waals surface area contributed by atoms with E-state index in [1.807, 2.05) is 15.2 Å². The number of rotatable bonds is 3. The van der Waals surface area contributed by atoms with Crippen LogP contribution in [0.2, 0.25) is 0 Å². The predicted molar refractivity (Wildman–Crippen MR) is 134 cm³/mol. The maximum absolute atomic E-state index is 13.2. The van der Waals surface area contributed by atoms with Crippen molar-refractivity contribution in [2.75, 3.05) is 18.6 Å². The Morgan fingerprint density at radius 2 is 2.17 bits per heavy atom. The third-order valence-corrected chi connectivity index (χ3v) is 6.74. The van der Waals surface area contributed by atoms with Crippen LogP contribution in [0, 0.1) is 11.8 Å². The number of ether oxygens (including phenoxy) is 1. The first kappa shape index (κ1) is 23.0. The molecule has 9 nitrogen and oxygen atoms in total. The van der Waals surface area contributed by atoms with Crippen molar-refractivity contribution in [1.29, 1.82) is 0 Å². The fourth-order valence-corrected chi connectivity index (χ4v) is 4.97. The molecule has 1 aliphatic heterocycles. The number of fused-ring (bicyclic) bond motifs is 2. The summed E-state index contributed by atoms with van der Waals surface area (Å²) in [5.74, 6) is 5.36. The number of benzene rings is 1. The molecule has 0 saturated carbocycles. The van der Waals surface area contributed by atoms with Gasteiger partial charge in [0.1, 0.15) is 29.7 Å². The molecule has 1 aliphatic rings. The van der Waals surface area contributed by atoms with Gasteiger partial charge in [0.15, 0.2) is 4.96 Å². The normalized spacial score (nSPS) is 15.7. The first-order valence-corrected chi connectivity index (χ1v) is 12.5. The SMILES string of the molecule is CN1C(=O)[C@@H](NC(=O)c2cn3c(-c4cscn4)csc3n2)COc2ccc(C#CC(C)(C)O)cc21. The summed E-state index contributed by atoms with van der Waals surface area (Å²) in [4.78, 5) is 37.0. The molecular formula is C24H21N5O4S2. The number of nitrogens with zero attached hydrogens (tertiary/aromatic N) is 4. The van der Waals surface area contributed by atoms with Crippen LogP contribution in [0.1, 0.15) is 29.9 Å². The van der Waals surface area contributed by atoms with Gasteiger partial charge in [-0.3, -0.25) is 14.0 Å². The van der Waals surface area contributed by atoms with E-state index in [9.17, 15) is 14.7 Å². The second-order valence-corrected chi connectivity index (χ2v) is 10.1. The first-order valence-electron chi connectivity index (χ1n) is 10.7. The highest BCUT2D eigenvalue weighted by Crippen LogP contribution is 2.32. The molecule has 178 valence electrons. The standard InChI is InChI=1S/C24H21N5O4S2/c1-24(2,32)7-6-14-4-5-20-18(8-14)28(3)22(31)16(10-33-20)26-21(30)15-9-29-19(12-35-23(29)27-15)17-11-34-13-25-17/h4-5,8-9,11-13,16,32H,10H2,1-3H3,(H,26,30)/t16-/m0/s1. The fraction of sp³-hybridized carbons (Fsp3) is 0.250. The number of aliphatic hydroxyl groups is 1. The predicted octanol–water partition coefficient (Wildman–Crippen LogP) is 2.80. The molecule has 1 atom stereocenters. The van der Waals surface area contributed by atoms with E-state index in [1.54, 1.807) is 50.8 Å². The Morgan fingerprint density at radius 1 is 1.34 bits per heavy atom. The van der Waals surface area contributed by atoms with Crippen molar-refractivity contribution < 1.29 is 19.4 Å². The number of thiazole rings is 2. The Hall–Kier alpha value is -3.72. The van der Waals surface area contributed by atoms with E-state index in [4.69, 9.17) is 4.74 Å². The van der Waals surface area contributed by atoms with Crippen molar-refractivity contribution in [1.82, 2.24) is 19.7 Å². The zero-order chi connectivity index (χ0) is 24.7. The van der Waals surface area contributed by atoms with Crippen molar-refractivity contribution in [3.05, 3.63) is 51.9 Å². The van der Waals surface area contributed by atoms with E-state index < -0.39 is 17.6 Å². The van der Waals surface area contributed by atoms with E-state index in [1.165, 1.54) is 27.6 Å². The van der Waals surface area contributed by atoms with Crippen LogP contribution in [0.25, 0.3) is 16.3 Å². The largest absolute Gasteiger partial charge is 0.489 e. The molecular weight excluding hydrogens is 486 g/mol. The zero-order valence-corrected chi connectivity index (χ0v) is 20.7. The van der Waals surface area contributed by atoms with Gasteiger partial charge in [-0.15, -0.1) is 22.7 Å². The van der Waals surface area contributed by atoms with Gasteiger partial charge < -0.3 is 20.1 Å². The highest BCUT2D eigenvalue weighted by molar-refractivity contribution is 7.15. The van der Waals surface area contributed by atoms with Gasteiger partial charge in [-0.2, -0.15) is 0 Å². The zero-order valence-electron chi connectivity index (χ0n) is 19.1. The summed E-state index contributed by atoms with van der Waals surface area (Å²) in [5.41, 5.74) is 3.64. The lowest BCUT2D eigenvalue weighted by molar-refractivity contribution is -0.120. The Bertz CT molecular complexity index is 1490. The number of amides is 2. The molecule has 5 rings (SSSR count). The molecule has 4 aromatic rings. The van der Waals surface area contributed by atoms with Gasteiger partial charge in [0.2, 0.25) is 0 Å². The minimum atomic E-state index is -1.14. The number of anilines is 1. The van der Waals surface area contributed by atoms with E-state index in [-0.39, 0.29) is 18.2 Å². The molecule has 0 radical (unpaired) electrons. The second-order valence-electron chi connectivity index (χ2n) is 8.50. The Morgan fingerprint density at radius 3 is 2.91 bits per heavy atom. The summed E-state index contributed by atoms with van der Waals surface area (Å²) in [6.45, 7) is 3.17. The van der Waals surface area contributed by atoms with Crippen LogP contribution < -0.4 is 15.0 Å². The molecule has 0 fully saturated rings. The van der Waals surface area contributed by atoms with Crippen molar-refractivity contribution in [2.24, 2.45) is 0 Å². The summed E-state index contributed by atoms with van der Waals surface area (Å²) in [7, 11) is 1.62. The molecule has 0 bridgehead atoms. The molecule has 4 heterocycles. The average Bonchev–Trinajstić information content (AvgIpc) is 3.55. The smallest absolute Gasteiger partial charge is 0.272 e. The Balaban J connectivity index is 1.35. The minimum Gasteiger partial charge on any atom is -0.489 e. The second kappa shape index (κ2) is 8.81. The van der Waals surface area contributed by atoms with Gasteiger partial charge in [-0.1, -0.05) is 11.8 Å². The van der Waals surface area contributed by atoms with Gasteiger partial charge in [-0.05, 0) is 32.0 Å². The Labute approximate surface area is 209 Å². The molecule has 0 unspecified atom stereocenters. The number of likely N-dealkylation sites (N-methyl/N-ethyl adjacent to an activating group) is 1. The average molecular weight is 508 g/mol. The van der Waals surface area contributed by atoms with Gasteiger partial charge >= 0.3 is 0 Å². The number of hydrogen-bond acceptors (Lipinski definition) is 8. The fourth-order valence-electron chi connectivity index (χ4n) is 3.55. The van der Waals surface area contributed by atoms with E-state index >= 15 is 0 Å². The van der Waals surface area contributed by atoms with Crippen LogP contribution in [-0.2, 0) is 4.79 Å². The molecule has 0 saturated heterocycles. The van der Waals surface area contributed by atoms with Crippen LogP contribution >= 0.6 is 22.7 Å². The van der Waals surface area contributed by atoms with E-state index in [0.717, 1.165) is 11.4 Å². The lowest BCUT2D eigenvalue weighted by Crippen LogP contribution is -2.49. The molecule has 1 aromatic carbocycles. The van der Waals surface area contributed by atoms with E-state index in [2.05, 4.69) is 27.1 Å². The van der Waals surface area contributed by atoms with Crippen LogP contribution in [-0.4, -0.2) is 56.6 Å². The summed E-state index contributed by atoms with van der Waals surface area (Å²) < 4.78 is 7.66. The summed E-state index contributed by atoms with van der Waals surface area (Å²) in [5, 5.41) is 16.5. The quantitative estimate of drug-likeness (QED) is 0.413. The number of hydrogen-bond donors (Lipinski definition) is 2. The lowest BCUT2D eigenvalue weighted by Gasteiger charge is -2.20. The first-order chi connectivity index (χ1) is 16.7. The van der Waals surface area contributed by atoms with Crippen molar-refractivity contribution in [3.8, 4) is 29.0 Å². The molecule has 2 N–H and O–H groups in total. The lowest BCUT2D eigenvalue weighted by atomic mass is 10.1. The maximum Gasteiger partial charge on any atom is 0.272 e. The number of carbonyl (C=O) groups is 2. The van der Waals surface area contributed by atoms with Crippen LogP contribution in [0.15, 0.2) is 40.7 Å². The third-order valence-electron chi connectivity index (χ3n) is 5.31. The molecule has 0 spiro atoms. The minimum absolute atomic E-state index is 0.0249. The summed E-state index contributed by atoms with van der Waals surface area (Å²) >= 11 is 2.90. The molecule has 11 heteroatoms. The number of nitrogens with one attached hydrogen (secondary N) is 1.